The Kier molecular flexibility index (Phi) is 11.8. The Labute approximate surface area is 278 Å². The van der Waals surface area contributed by atoms with Gasteiger partial charge in [-0.25, -0.2) is 0 Å². The number of carbonyl (C=O) groups excluding carboxylic acids is 1. The summed E-state index contributed by atoms with van der Waals surface area (Å²) < 4.78 is 38.1. The zero-order valence-corrected chi connectivity index (χ0v) is 28.1. The van der Waals surface area contributed by atoms with Gasteiger partial charge in [0, 0.05) is 13.5 Å². The van der Waals surface area contributed by atoms with Crippen molar-refractivity contribution in [1.82, 2.24) is 4.90 Å². The lowest BCUT2D eigenvalue weighted by Crippen LogP contribution is -2.56. The van der Waals surface area contributed by atoms with E-state index < -0.39 is 48.1 Å². The molecule has 2 heterocycles. The fraction of sp³-hybridized carbons (Fsp3) is 0.500. The average Bonchev–Trinajstić information content (AvgIpc) is 3.58. The smallest absolute Gasteiger partial charge is 0.220 e. The number of amides is 1. The van der Waals surface area contributed by atoms with Crippen LogP contribution in [-0.2, 0) is 53.0 Å². The first-order chi connectivity index (χ1) is 22.5. The summed E-state index contributed by atoms with van der Waals surface area (Å²) in [6.07, 6.45) is -3.09. The van der Waals surface area contributed by atoms with Crippen molar-refractivity contribution in [2.75, 3.05) is 13.2 Å². The number of rotatable bonds is 15. The van der Waals surface area contributed by atoms with Crippen LogP contribution in [0.1, 0.15) is 57.7 Å². The highest BCUT2D eigenvalue weighted by Crippen LogP contribution is 2.39. The molecule has 2 aliphatic rings. The van der Waals surface area contributed by atoms with Crippen LogP contribution in [0.15, 0.2) is 91.0 Å². The molecule has 0 aromatic heterocycles. The quantitative estimate of drug-likeness (QED) is 0.227. The highest BCUT2D eigenvalue weighted by atomic mass is 16.8. The molecule has 47 heavy (non-hydrogen) atoms. The van der Waals surface area contributed by atoms with Gasteiger partial charge in [0.15, 0.2) is 11.6 Å². The van der Waals surface area contributed by atoms with E-state index in [-0.39, 0.29) is 25.5 Å². The number of hydrogen-bond acceptors (Lipinski definition) is 8. The normalized spacial score (nSPS) is 23.7. The van der Waals surface area contributed by atoms with Crippen molar-refractivity contribution in [3.05, 3.63) is 108 Å². The van der Waals surface area contributed by atoms with E-state index in [0.717, 1.165) is 16.7 Å². The van der Waals surface area contributed by atoms with Gasteiger partial charge in [0.25, 0.3) is 0 Å². The fourth-order valence-electron chi connectivity index (χ4n) is 6.34. The second-order valence-corrected chi connectivity index (χ2v) is 13.3. The van der Waals surface area contributed by atoms with Crippen LogP contribution in [0.5, 0.6) is 0 Å². The predicted molar refractivity (Wildman–Crippen MR) is 177 cm³/mol. The van der Waals surface area contributed by atoms with Crippen molar-refractivity contribution in [3.8, 4) is 0 Å². The molecule has 2 saturated heterocycles. The van der Waals surface area contributed by atoms with Crippen LogP contribution in [-0.4, -0.2) is 77.3 Å². The summed E-state index contributed by atoms with van der Waals surface area (Å²) in [5.74, 6) is -1.89. The van der Waals surface area contributed by atoms with Gasteiger partial charge in [-0.3, -0.25) is 4.79 Å². The molecule has 254 valence electrons. The standard InChI is InChI=1S/C38H49NO8/c1-27(40)39(22-28-15-9-6-10-16-28)32(21-31(41)25-42-23-29-17-11-7-12-18-29)34(43-24-30-19-13-8-14-20-30)36-35(46-38(4,5)47-36)33-26-44-37(2,3)45-33/h6-20,31-36,41H,21-26H2,1-5H3/t31?,32-,33-,34+,35-,36-/m1/s1. The van der Waals surface area contributed by atoms with Crippen LogP contribution in [0.3, 0.4) is 0 Å². The Morgan fingerprint density at radius 3 is 1.96 bits per heavy atom. The molecule has 1 N–H and O–H groups in total. The first-order valence-corrected chi connectivity index (χ1v) is 16.4. The van der Waals surface area contributed by atoms with Crippen LogP contribution in [0.25, 0.3) is 0 Å². The van der Waals surface area contributed by atoms with Gasteiger partial charge in [-0.05, 0) is 50.8 Å². The van der Waals surface area contributed by atoms with Crippen LogP contribution < -0.4 is 0 Å². The van der Waals surface area contributed by atoms with E-state index in [1.54, 1.807) is 11.8 Å². The Hall–Kier alpha value is -3.15. The van der Waals surface area contributed by atoms with E-state index in [2.05, 4.69) is 0 Å². The molecular formula is C38H49NO8. The predicted octanol–water partition coefficient (Wildman–Crippen LogP) is 5.63. The highest BCUT2D eigenvalue weighted by Gasteiger charge is 2.55. The van der Waals surface area contributed by atoms with E-state index in [0.29, 0.717) is 19.8 Å². The SMILES string of the molecule is CC(=O)N(Cc1ccccc1)[C@H](CC(O)COCc1ccccc1)[C@H](OCc1ccccc1)[C@H]1OC(C)(C)O[C@@H]1[C@H]1COC(C)(C)O1. The van der Waals surface area contributed by atoms with Crippen LogP contribution in [0, 0.1) is 0 Å². The van der Waals surface area contributed by atoms with Gasteiger partial charge in [-0.15, -0.1) is 0 Å². The summed E-state index contributed by atoms with van der Waals surface area (Å²) in [4.78, 5) is 15.3. The van der Waals surface area contributed by atoms with Crippen LogP contribution in [0.2, 0.25) is 0 Å². The molecular weight excluding hydrogens is 598 g/mol. The summed E-state index contributed by atoms with van der Waals surface area (Å²) in [6.45, 7) is 10.4. The number of nitrogens with zero attached hydrogens (tertiary/aromatic N) is 1. The van der Waals surface area contributed by atoms with Crippen molar-refractivity contribution in [1.29, 1.82) is 0 Å². The van der Waals surface area contributed by atoms with E-state index in [9.17, 15) is 9.90 Å². The van der Waals surface area contributed by atoms with Crippen molar-refractivity contribution in [3.63, 3.8) is 0 Å². The van der Waals surface area contributed by atoms with Crippen molar-refractivity contribution < 1.29 is 38.3 Å². The Balaban J connectivity index is 1.48. The van der Waals surface area contributed by atoms with Gasteiger partial charge in [-0.1, -0.05) is 91.0 Å². The third-order valence-corrected chi connectivity index (χ3v) is 8.48. The maximum atomic E-state index is 13.6. The molecule has 0 saturated carbocycles. The molecule has 0 spiro atoms. The monoisotopic (exact) mass is 647 g/mol. The van der Waals surface area contributed by atoms with Gasteiger partial charge < -0.3 is 38.4 Å². The van der Waals surface area contributed by atoms with Crippen LogP contribution in [0.4, 0.5) is 0 Å². The minimum Gasteiger partial charge on any atom is -0.391 e. The zero-order valence-electron chi connectivity index (χ0n) is 28.1. The number of benzene rings is 3. The molecule has 0 aliphatic carbocycles. The molecule has 3 aromatic carbocycles. The molecule has 2 fully saturated rings. The number of carbonyl (C=O) groups is 1. The summed E-state index contributed by atoms with van der Waals surface area (Å²) in [5.41, 5.74) is 2.94. The first-order valence-electron chi connectivity index (χ1n) is 16.4. The molecule has 3 aromatic rings. The van der Waals surface area contributed by atoms with Gasteiger partial charge in [0.2, 0.25) is 5.91 Å². The second-order valence-electron chi connectivity index (χ2n) is 13.3. The maximum absolute atomic E-state index is 13.6. The molecule has 0 bridgehead atoms. The number of hydrogen-bond donors (Lipinski definition) is 1. The number of ether oxygens (including phenoxy) is 6. The molecule has 5 rings (SSSR count). The lowest BCUT2D eigenvalue weighted by Gasteiger charge is -2.41. The fourth-order valence-corrected chi connectivity index (χ4v) is 6.34. The molecule has 9 heteroatoms. The van der Waals surface area contributed by atoms with E-state index in [1.807, 2.05) is 119 Å². The number of aliphatic hydroxyl groups is 1. The second kappa shape index (κ2) is 15.8. The molecule has 2 aliphatic heterocycles. The van der Waals surface area contributed by atoms with Crippen LogP contribution >= 0.6 is 0 Å². The number of aliphatic hydroxyl groups excluding tert-OH is 1. The topological polar surface area (TPSA) is 95.9 Å². The van der Waals surface area contributed by atoms with E-state index in [4.69, 9.17) is 28.4 Å². The minimum atomic E-state index is -0.956. The minimum absolute atomic E-state index is 0.0819. The maximum Gasteiger partial charge on any atom is 0.220 e. The largest absolute Gasteiger partial charge is 0.391 e. The molecule has 9 nitrogen and oxygen atoms in total. The van der Waals surface area contributed by atoms with Gasteiger partial charge >= 0.3 is 0 Å². The summed E-state index contributed by atoms with van der Waals surface area (Å²) in [6, 6.07) is 28.9. The summed E-state index contributed by atoms with van der Waals surface area (Å²) in [5, 5.41) is 11.5. The Bertz CT molecular complexity index is 1390. The zero-order chi connectivity index (χ0) is 33.4. The molecule has 1 unspecified atom stereocenters. The third-order valence-electron chi connectivity index (χ3n) is 8.48. The third kappa shape index (κ3) is 9.93. The summed E-state index contributed by atoms with van der Waals surface area (Å²) in [7, 11) is 0. The molecule has 0 radical (unpaired) electrons. The van der Waals surface area contributed by atoms with Crippen molar-refractivity contribution >= 4 is 5.91 Å². The molecule has 1 amide bonds. The van der Waals surface area contributed by atoms with Crippen molar-refractivity contribution in [2.24, 2.45) is 0 Å². The highest BCUT2D eigenvalue weighted by molar-refractivity contribution is 5.73. The van der Waals surface area contributed by atoms with E-state index >= 15 is 0 Å². The lowest BCUT2D eigenvalue weighted by molar-refractivity contribution is -0.178. The Morgan fingerprint density at radius 2 is 1.40 bits per heavy atom. The first kappa shape index (κ1) is 35.2. The van der Waals surface area contributed by atoms with Gasteiger partial charge in [0.1, 0.15) is 24.4 Å². The van der Waals surface area contributed by atoms with Crippen molar-refractivity contribution in [2.45, 2.75) is 109 Å². The average molecular weight is 648 g/mol. The Morgan fingerprint density at radius 1 is 0.830 bits per heavy atom. The van der Waals surface area contributed by atoms with E-state index in [1.165, 1.54) is 0 Å². The van der Waals surface area contributed by atoms with Gasteiger partial charge in [0.05, 0.1) is 38.6 Å². The van der Waals surface area contributed by atoms with Gasteiger partial charge in [-0.2, -0.15) is 0 Å². The molecule has 6 atom stereocenters. The summed E-state index contributed by atoms with van der Waals surface area (Å²) >= 11 is 0. The lowest BCUT2D eigenvalue weighted by atomic mass is 9.92.